The number of aromatic nitrogens is 3. The Morgan fingerprint density at radius 3 is 2.94 bits per heavy atom. The van der Waals surface area contributed by atoms with Crippen LogP contribution in [0.5, 0.6) is 0 Å². The van der Waals surface area contributed by atoms with Crippen LogP contribution in [0.3, 0.4) is 0 Å². The smallest absolute Gasteiger partial charge is 0.278 e. The molecule has 6 nitrogen and oxygen atoms in total. The average molecular weight is 261 g/mol. The van der Waals surface area contributed by atoms with Crippen LogP contribution >= 0.6 is 11.5 Å². The minimum Gasteiger partial charge on any atom is -0.329 e. The predicted molar refractivity (Wildman–Crippen MR) is 69.1 cm³/mol. The second kappa shape index (κ2) is 4.98. The van der Waals surface area contributed by atoms with Gasteiger partial charge in [-0.15, -0.1) is 0 Å². The zero-order valence-electron chi connectivity index (χ0n) is 9.89. The quantitative estimate of drug-likeness (QED) is 0.880. The van der Waals surface area contributed by atoms with Crippen LogP contribution in [0, 0.1) is 11.3 Å². The first-order chi connectivity index (χ1) is 8.61. The lowest BCUT2D eigenvalue weighted by Crippen LogP contribution is -2.04. The summed E-state index contributed by atoms with van der Waals surface area (Å²) in [6.07, 6.45) is 1.46. The van der Waals surface area contributed by atoms with E-state index in [2.05, 4.69) is 19.7 Å². The van der Waals surface area contributed by atoms with E-state index in [1.54, 1.807) is 6.07 Å². The van der Waals surface area contributed by atoms with Crippen LogP contribution < -0.4 is 10.9 Å². The maximum Gasteiger partial charge on any atom is 0.278 e. The maximum absolute atomic E-state index is 11.3. The Morgan fingerprint density at radius 2 is 2.28 bits per heavy atom. The van der Waals surface area contributed by atoms with E-state index in [1.807, 2.05) is 19.9 Å². The first kappa shape index (κ1) is 12.3. The van der Waals surface area contributed by atoms with Gasteiger partial charge in [-0.2, -0.15) is 5.26 Å². The number of H-pyrrole nitrogens is 1. The molecule has 2 heterocycles. The second-order valence-corrected chi connectivity index (χ2v) is 4.77. The number of hydrogen-bond acceptors (Lipinski definition) is 6. The van der Waals surface area contributed by atoms with E-state index in [1.165, 1.54) is 6.33 Å². The van der Waals surface area contributed by atoms with Crippen molar-refractivity contribution in [2.45, 2.75) is 19.8 Å². The number of nitrogens with zero attached hydrogens (tertiary/aromatic N) is 3. The summed E-state index contributed by atoms with van der Waals surface area (Å²) in [5, 5.41) is 12.3. The molecule has 0 amide bonds. The van der Waals surface area contributed by atoms with Gasteiger partial charge in [0, 0.05) is 11.8 Å². The van der Waals surface area contributed by atoms with Gasteiger partial charge in [-0.05, 0) is 17.5 Å². The molecule has 18 heavy (non-hydrogen) atoms. The molecule has 0 saturated carbocycles. The lowest BCUT2D eigenvalue weighted by atomic mass is 10.1. The van der Waals surface area contributed by atoms with E-state index >= 15 is 0 Å². The molecule has 2 rings (SSSR count). The summed E-state index contributed by atoms with van der Waals surface area (Å²) in [7, 11) is 0. The van der Waals surface area contributed by atoms with Crippen LogP contribution in [0.4, 0.5) is 10.8 Å². The molecule has 0 spiro atoms. The van der Waals surface area contributed by atoms with Crippen molar-refractivity contribution in [1.29, 1.82) is 5.26 Å². The van der Waals surface area contributed by atoms with Crippen LogP contribution in [0.25, 0.3) is 0 Å². The fourth-order valence-electron chi connectivity index (χ4n) is 1.36. The van der Waals surface area contributed by atoms with E-state index < -0.39 is 0 Å². The van der Waals surface area contributed by atoms with Gasteiger partial charge in [-0.3, -0.25) is 9.17 Å². The summed E-state index contributed by atoms with van der Waals surface area (Å²) in [6.45, 7) is 4.06. The van der Waals surface area contributed by atoms with Gasteiger partial charge in [0.25, 0.3) is 5.56 Å². The van der Waals surface area contributed by atoms with Gasteiger partial charge in [0.2, 0.25) is 0 Å². The van der Waals surface area contributed by atoms with Crippen molar-refractivity contribution in [2.24, 2.45) is 0 Å². The van der Waals surface area contributed by atoms with Crippen molar-refractivity contribution in [3.05, 3.63) is 34.0 Å². The summed E-state index contributed by atoms with van der Waals surface area (Å²) in [5.41, 5.74) is 0.585. The Labute approximate surface area is 107 Å². The van der Waals surface area contributed by atoms with Gasteiger partial charge in [-0.25, -0.2) is 9.97 Å². The SMILES string of the molecule is CC(C)c1cc(Nc2s[nH]c(=O)c2C#N)ncn1. The standard InChI is InChI=1S/C11H11N5OS/c1-6(2)8-3-9(14-5-13-8)15-11-7(4-12)10(17)16-18-11/h3,5-6H,1-2H3,(H,16,17)(H,13,14,15). The average Bonchev–Trinajstić information content (AvgIpc) is 2.70. The highest BCUT2D eigenvalue weighted by Gasteiger charge is 2.11. The number of nitriles is 1. The zero-order chi connectivity index (χ0) is 13.1. The van der Waals surface area contributed by atoms with E-state index in [0.717, 1.165) is 17.2 Å². The monoisotopic (exact) mass is 261 g/mol. The highest BCUT2D eigenvalue weighted by Crippen LogP contribution is 2.21. The fraction of sp³-hybridized carbons (Fsp3) is 0.273. The molecular formula is C11H11N5OS. The van der Waals surface area contributed by atoms with Crippen LogP contribution in [0.1, 0.15) is 31.0 Å². The summed E-state index contributed by atoms with van der Waals surface area (Å²) in [6, 6.07) is 3.66. The molecule has 7 heteroatoms. The molecule has 92 valence electrons. The number of rotatable bonds is 3. The van der Waals surface area contributed by atoms with Crippen LogP contribution in [0.2, 0.25) is 0 Å². The Kier molecular flexibility index (Phi) is 3.39. The lowest BCUT2D eigenvalue weighted by molar-refractivity contribution is 0.815. The number of anilines is 2. The van der Waals surface area contributed by atoms with Crippen LogP contribution in [0.15, 0.2) is 17.2 Å². The Hall–Kier alpha value is -2.20. The van der Waals surface area contributed by atoms with Crippen LogP contribution in [-0.2, 0) is 0 Å². The van der Waals surface area contributed by atoms with Crippen molar-refractivity contribution in [1.82, 2.24) is 14.3 Å². The number of nitrogens with one attached hydrogen (secondary N) is 2. The Balaban J connectivity index is 2.32. The zero-order valence-corrected chi connectivity index (χ0v) is 10.7. The topological polar surface area (TPSA) is 94.5 Å². The molecule has 0 aliphatic heterocycles. The van der Waals surface area contributed by atoms with Gasteiger partial charge in [-0.1, -0.05) is 13.8 Å². The predicted octanol–water partition coefficient (Wildman–Crippen LogP) is 1.97. The Bertz CT molecular complexity index is 652. The molecular weight excluding hydrogens is 250 g/mol. The molecule has 0 aromatic carbocycles. The normalized spacial score (nSPS) is 10.3. The molecule has 0 fully saturated rings. The molecule has 0 aliphatic rings. The number of hydrogen-bond donors (Lipinski definition) is 2. The number of aromatic amines is 1. The summed E-state index contributed by atoms with van der Waals surface area (Å²) in [4.78, 5) is 19.5. The van der Waals surface area contributed by atoms with E-state index in [9.17, 15) is 4.79 Å². The summed E-state index contributed by atoms with van der Waals surface area (Å²) >= 11 is 1.08. The van der Waals surface area contributed by atoms with Gasteiger partial charge in [0.05, 0.1) is 0 Å². The van der Waals surface area contributed by atoms with Gasteiger partial charge in [0.15, 0.2) is 5.56 Å². The van der Waals surface area contributed by atoms with E-state index in [4.69, 9.17) is 5.26 Å². The second-order valence-electron chi connectivity index (χ2n) is 3.96. The highest BCUT2D eigenvalue weighted by atomic mass is 32.1. The van der Waals surface area contributed by atoms with Crippen molar-refractivity contribution < 1.29 is 0 Å². The summed E-state index contributed by atoms with van der Waals surface area (Å²) < 4.78 is 2.50. The molecule has 0 atom stereocenters. The van der Waals surface area contributed by atoms with Gasteiger partial charge >= 0.3 is 0 Å². The molecule has 0 unspecified atom stereocenters. The lowest BCUT2D eigenvalue weighted by Gasteiger charge is -2.06. The summed E-state index contributed by atoms with van der Waals surface area (Å²) in [5.74, 6) is 0.856. The van der Waals surface area contributed by atoms with E-state index in [0.29, 0.717) is 10.8 Å². The third-order valence-electron chi connectivity index (χ3n) is 2.33. The van der Waals surface area contributed by atoms with Crippen molar-refractivity contribution in [2.75, 3.05) is 5.32 Å². The van der Waals surface area contributed by atoms with Crippen molar-refractivity contribution in [3.8, 4) is 6.07 Å². The minimum atomic E-state index is -0.386. The molecule has 0 radical (unpaired) electrons. The third-order valence-corrected chi connectivity index (χ3v) is 3.13. The molecule has 0 aliphatic carbocycles. The van der Waals surface area contributed by atoms with E-state index in [-0.39, 0.29) is 17.0 Å². The molecule has 2 aromatic rings. The first-order valence-electron chi connectivity index (χ1n) is 5.32. The van der Waals surface area contributed by atoms with Gasteiger partial charge in [0.1, 0.15) is 23.2 Å². The molecule has 2 aromatic heterocycles. The third kappa shape index (κ3) is 2.38. The fourth-order valence-corrected chi connectivity index (χ4v) is 2.06. The minimum absolute atomic E-state index is 0.0738. The first-order valence-corrected chi connectivity index (χ1v) is 6.14. The van der Waals surface area contributed by atoms with Crippen LogP contribution in [-0.4, -0.2) is 14.3 Å². The largest absolute Gasteiger partial charge is 0.329 e. The molecule has 0 saturated heterocycles. The van der Waals surface area contributed by atoms with Crippen molar-refractivity contribution in [3.63, 3.8) is 0 Å². The Morgan fingerprint density at radius 1 is 1.50 bits per heavy atom. The molecule has 2 N–H and O–H groups in total. The molecule has 0 bridgehead atoms. The maximum atomic E-state index is 11.3. The van der Waals surface area contributed by atoms with Crippen molar-refractivity contribution >= 4 is 22.4 Å². The van der Waals surface area contributed by atoms with Gasteiger partial charge < -0.3 is 5.32 Å². The highest BCUT2D eigenvalue weighted by molar-refractivity contribution is 7.10.